The van der Waals surface area contributed by atoms with Crippen molar-refractivity contribution in [1.82, 2.24) is 5.32 Å². The van der Waals surface area contributed by atoms with E-state index in [1.165, 1.54) is 12.1 Å². The summed E-state index contributed by atoms with van der Waals surface area (Å²) in [5.41, 5.74) is 0.453. The first kappa shape index (κ1) is 18.6. The molecule has 0 saturated carbocycles. The Hall–Kier alpha value is -2.71. The predicted octanol–water partition coefficient (Wildman–Crippen LogP) is 3.77. The Morgan fingerprint density at radius 2 is 1.96 bits per heavy atom. The highest BCUT2D eigenvalue weighted by atomic mass is 35.5. The van der Waals surface area contributed by atoms with Gasteiger partial charge in [0.15, 0.2) is 10.9 Å². The lowest BCUT2D eigenvalue weighted by Crippen LogP contribution is -2.34. The minimum atomic E-state index is -0.605. The average Bonchev–Trinajstić information content (AvgIpc) is 2.57. The number of nitrogens with zero attached hydrogens (tertiary/aromatic N) is 1. The quantitative estimate of drug-likeness (QED) is 0.466. The van der Waals surface area contributed by atoms with Crippen molar-refractivity contribution in [3.8, 4) is 5.75 Å². The van der Waals surface area contributed by atoms with Crippen LogP contribution in [0.25, 0.3) is 0 Å². The Bertz CT molecular complexity index is 812. The minimum absolute atomic E-state index is 0.0591. The summed E-state index contributed by atoms with van der Waals surface area (Å²) in [6, 6.07) is 10.7. The van der Waals surface area contributed by atoms with Crippen molar-refractivity contribution in [2.24, 2.45) is 0 Å². The van der Waals surface area contributed by atoms with Crippen molar-refractivity contribution in [3.63, 3.8) is 0 Å². The smallest absolute Gasteiger partial charge is 0.311 e. The number of halogens is 1. The molecule has 0 fully saturated rings. The molecule has 0 atom stereocenters. The first-order chi connectivity index (χ1) is 11.9. The molecule has 0 aromatic heterocycles. The zero-order chi connectivity index (χ0) is 18.4. The molecule has 1 amide bonds. The van der Waals surface area contributed by atoms with E-state index in [0.29, 0.717) is 10.7 Å². The molecule has 2 rings (SSSR count). The fraction of sp³-hybridized carbons (Fsp3) is 0.125. The SMILES string of the molecule is CCOc1ccc(C(=O)NC(=S)Nc2ccc(Cl)cc2)cc1[N+](=O)[O-]. The molecule has 2 aromatic carbocycles. The van der Waals surface area contributed by atoms with Crippen molar-refractivity contribution < 1.29 is 14.5 Å². The molecule has 2 N–H and O–H groups in total. The Labute approximate surface area is 154 Å². The van der Waals surface area contributed by atoms with E-state index >= 15 is 0 Å². The van der Waals surface area contributed by atoms with Crippen LogP contribution in [-0.2, 0) is 0 Å². The van der Waals surface area contributed by atoms with E-state index < -0.39 is 10.8 Å². The molecule has 0 radical (unpaired) electrons. The van der Waals surface area contributed by atoms with Crippen LogP contribution in [0.5, 0.6) is 5.75 Å². The second-order valence-corrected chi connectivity index (χ2v) is 5.63. The van der Waals surface area contributed by atoms with E-state index in [-0.39, 0.29) is 28.7 Å². The van der Waals surface area contributed by atoms with Crippen LogP contribution in [0.15, 0.2) is 42.5 Å². The van der Waals surface area contributed by atoms with Crippen LogP contribution in [0.2, 0.25) is 5.02 Å². The number of nitro benzene ring substituents is 1. The number of ether oxygens (including phenoxy) is 1. The summed E-state index contributed by atoms with van der Waals surface area (Å²) < 4.78 is 5.18. The average molecular weight is 380 g/mol. The van der Waals surface area contributed by atoms with Gasteiger partial charge in [0.25, 0.3) is 5.91 Å². The zero-order valence-corrected chi connectivity index (χ0v) is 14.7. The lowest BCUT2D eigenvalue weighted by Gasteiger charge is -2.10. The summed E-state index contributed by atoms with van der Waals surface area (Å²) in [4.78, 5) is 22.7. The van der Waals surface area contributed by atoms with Gasteiger partial charge in [0.05, 0.1) is 11.5 Å². The highest BCUT2D eigenvalue weighted by molar-refractivity contribution is 7.80. The summed E-state index contributed by atoms with van der Waals surface area (Å²) in [6.07, 6.45) is 0. The molecule has 130 valence electrons. The van der Waals surface area contributed by atoms with Gasteiger partial charge in [-0.15, -0.1) is 0 Å². The van der Waals surface area contributed by atoms with E-state index in [0.717, 1.165) is 6.07 Å². The number of amides is 1. The number of nitro groups is 1. The van der Waals surface area contributed by atoms with Gasteiger partial charge in [0, 0.05) is 22.3 Å². The third-order valence-corrected chi connectivity index (χ3v) is 3.50. The molecular formula is C16H14ClN3O4S. The van der Waals surface area contributed by atoms with Gasteiger partial charge in [0.1, 0.15) is 0 Å². The van der Waals surface area contributed by atoms with Gasteiger partial charge in [-0.25, -0.2) is 0 Å². The molecule has 0 aliphatic carbocycles. The third kappa shape index (κ3) is 5.13. The van der Waals surface area contributed by atoms with E-state index in [2.05, 4.69) is 10.6 Å². The van der Waals surface area contributed by atoms with Crippen molar-refractivity contribution in [2.45, 2.75) is 6.92 Å². The summed E-state index contributed by atoms with van der Waals surface area (Å²) in [7, 11) is 0. The summed E-state index contributed by atoms with van der Waals surface area (Å²) in [5.74, 6) is -0.469. The summed E-state index contributed by atoms with van der Waals surface area (Å²) >= 11 is 10.9. The number of hydrogen-bond acceptors (Lipinski definition) is 5. The van der Waals surface area contributed by atoms with Crippen LogP contribution in [0, 0.1) is 10.1 Å². The third-order valence-electron chi connectivity index (χ3n) is 3.05. The fourth-order valence-electron chi connectivity index (χ4n) is 1.95. The molecule has 0 bridgehead atoms. The van der Waals surface area contributed by atoms with Gasteiger partial charge in [-0.2, -0.15) is 0 Å². The molecule has 0 aliphatic rings. The fourth-order valence-corrected chi connectivity index (χ4v) is 2.29. The second kappa shape index (κ2) is 8.41. The Morgan fingerprint density at radius 3 is 2.56 bits per heavy atom. The normalized spacial score (nSPS) is 10.0. The number of anilines is 1. The van der Waals surface area contributed by atoms with E-state index in [1.807, 2.05) is 0 Å². The molecule has 0 spiro atoms. The van der Waals surface area contributed by atoms with E-state index in [4.69, 9.17) is 28.6 Å². The van der Waals surface area contributed by atoms with Crippen LogP contribution in [0.4, 0.5) is 11.4 Å². The highest BCUT2D eigenvalue weighted by Gasteiger charge is 2.19. The standard InChI is InChI=1S/C16H14ClN3O4S/c1-2-24-14-8-3-10(9-13(14)20(22)23)15(21)19-16(25)18-12-6-4-11(17)5-7-12/h3-9H,2H2,1H3,(H2,18,19,21,25). The summed E-state index contributed by atoms with van der Waals surface area (Å²) in [5, 5.41) is 17.0. The number of rotatable bonds is 5. The van der Waals surface area contributed by atoms with Crippen molar-refractivity contribution in [2.75, 3.05) is 11.9 Å². The Balaban J connectivity index is 2.09. The Morgan fingerprint density at radius 1 is 1.28 bits per heavy atom. The number of carbonyl (C=O) groups is 1. The topological polar surface area (TPSA) is 93.5 Å². The number of thiocarbonyl (C=S) groups is 1. The lowest BCUT2D eigenvalue weighted by molar-refractivity contribution is -0.385. The number of hydrogen-bond donors (Lipinski definition) is 2. The maximum Gasteiger partial charge on any atom is 0.311 e. The number of benzene rings is 2. The van der Waals surface area contributed by atoms with Crippen molar-refractivity contribution in [1.29, 1.82) is 0 Å². The first-order valence-electron chi connectivity index (χ1n) is 7.20. The van der Waals surface area contributed by atoms with Gasteiger partial charge in [-0.1, -0.05) is 11.6 Å². The van der Waals surface area contributed by atoms with E-state index in [1.54, 1.807) is 31.2 Å². The zero-order valence-electron chi connectivity index (χ0n) is 13.1. The first-order valence-corrected chi connectivity index (χ1v) is 7.98. The van der Waals surface area contributed by atoms with Crippen LogP contribution >= 0.6 is 23.8 Å². The van der Waals surface area contributed by atoms with Gasteiger partial charge in [-0.3, -0.25) is 20.2 Å². The van der Waals surface area contributed by atoms with Crippen LogP contribution in [-0.4, -0.2) is 22.5 Å². The van der Waals surface area contributed by atoms with Crippen LogP contribution in [0.1, 0.15) is 17.3 Å². The van der Waals surface area contributed by atoms with Crippen molar-refractivity contribution in [3.05, 3.63) is 63.2 Å². The highest BCUT2D eigenvalue weighted by Crippen LogP contribution is 2.28. The largest absolute Gasteiger partial charge is 0.487 e. The number of nitrogens with one attached hydrogen (secondary N) is 2. The predicted molar refractivity (Wildman–Crippen MR) is 99.4 cm³/mol. The van der Waals surface area contributed by atoms with Gasteiger partial charge in [-0.05, 0) is 55.5 Å². The lowest BCUT2D eigenvalue weighted by atomic mass is 10.1. The number of carbonyl (C=O) groups excluding carboxylic acids is 1. The maximum absolute atomic E-state index is 12.2. The molecule has 0 aliphatic heterocycles. The molecule has 2 aromatic rings. The monoisotopic (exact) mass is 379 g/mol. The minimum Gasteiger partial charge on any atom is -0.487 e. The van der Waals surface area contributed by atoms with Crippen LogP contribution in [0.3, 0.4) is 0 Å². The molecule has 0 heterocycles. The van der Waals surface area contributed by atoms with Gasteiger partial charge in [0.2, 0.25) is 0 Å². The summed E-state index contributed by atoms with van der Waals surface area (Å²) in [6.45, 7) is 1.99. The van der Waals surface area contributed by atoms with Gasteiger partial charge >= 0.3 is 5.69 Å². The van der Waals surface area contributed by atoms with Crippen LogP contribution < -0.4 is 15.4 Å². The molecule has 7 nitrogen and oxygen atoms in total. The molecule has 25 heavy (non-hydrogen) atoms. The molecule has 0 unspecified atom stereocenters. The Kier molecular flexibility index (Phi) is 6.26. The molecular weight excluding hydrogens is 366 g/mol. The molecule has 9 heteroatoms. The van der Waals surface area contributed by atoms with E-state index in [9.17, 15) is 14.9 Å². The maximum atomic E-state index is 12.2. The molecule has 0 saturated heterocycles. The van der Waals surface area contributed by atoms with Crippen molar-refractivity contribution >= 4 is 46.2 Å². The second-order valence-electron chi connectivity index (χ2n) is 4.79. The van der Waals surface area contributed by atoms with Gasteiger partial charge < -0.3 is 10.1 Å².